The number of β-lactam (4-membered cyclic amide) rings is 1. The predicted molar refractivity (Wildman–Crippen MR) is 66.0 cm³/mol. The average Bonchev–Trinajstić information content (AvgIpc) is 2.24. The highest BCUT2D eigenvalue weighted by atomic mass is 32.2. The van der Waals surface area contributed by atoms with Gasteiger partial charge in [0.2, 0.25) is 0 Å². The third kappa shape index (κ3) is 1.86. The van der Waals surface area contributed by atoms with Crippen LogP contribution < -0.4 is 0 Å². The SMILES string of the molecule is CC1=CS[C@@H]2C(N=C(C)C)C(=O)N2C1C(=O)O. The first kappa shape index (κ1) is 12.2. The minimum Gasteiger partial charge on any atom is -0.479 e. The van der Waals surface area contributed by atoms with Gasteiger partial charge in [-0.3, -0.25) is 9.79 Å². The quantitative estimate of drug-likeness (QED) is 0.592. The van der Waals surface area contributed by atoms with Crippen LogP contribution in [0.4, 0.5) is 0 Å². The molecule has 0 saturated carbocycles. The number of amides is 1. The van der Waals surface area contributed by atoms with E-state index in [4.69, 9.17) is 5.11 Å². The smallest absolute Gasteiger partial charge is 0.330 e. The van der Waals surface area contributed by atoms with Crippen LogP contribution in [0.3, 0.4) is 0 Å². The van der Waals surface area contributed by atoms with Crippen molar-refractivity contribution in [2.75, 3.05) is 0 Å². The first-order valence-corrected chi connectivity index (χ1v) is 6.26. The van der Waals surface area contributed by atoms with Gasteiger partial charge in [-0.2, -0.15) is 0 Å². The van der Waals surface area contributed by atoms with Crippen molar-refractivity contribution >= 4 is 29.4 Å². The monoisotopic (exact) mass is 254 g/mol. The molecule has 2 aliphatic rings. The number of nitrogens with zero attached hydrogens (tertiary/aromatic N) is 2. The summed E-state index contributed by atoms with van der Waals surface area (Å²) in [4.78, 5) is 28.7. The van der Waals surface area contributed by atoms with Crippen LogP contribution in [0.15, 0.2) is 16.0 Å². The molecule has 0 aliphatic carbocycles. The lowest BCUT2D eigenvalue weighted by Crippen LogP contribution is -2.68. The summed E-state index contributed by atoms with van der Waals surface area (Å²) < 4.78 is 0. The van der Waals surface area contributed by atoms with Crippen molar-refractivity contribution in [1.29, 1.82) is 0 Å². The molecule has 1 fully saturated rings. The fraction of sp³-hybridized carbons (Fsp3) is 0.545. The van der Waals surface area contributed by atoms with Crippen LogP contribution in [0.25, 0.3) is 0 Å². The van der Waals surface area contributed by atoms with E-state index in [0.29, 0.717) is 5.57 Å². The molecule has 0 aromatic rings. The van der Waals surface area contributed by atoms with E-state index < -0.39 is 18.1 Å². The Bertz CT molecular complexity index is 440. The van der Waals surface area contributed by atoms with Crippen LogP contribution in [0.5, 0.6) is 0 Å². The summed E-state index contributed by atoms with van der Waals surface area (Å²) in [6, 6.07) is -1.24. The number of fused-ring (bicyclic) bond motifs is 1. The van der Waals surface area contributed by atoms with Gasteiger partial charge < -0.3 is 10.0 Å². The van der Waals surface area contributed by atoms with Gasteiger partial charge in [0, 0.05) is 5.71 Å². The van der Waals surface area contributed by atoms with Crippen molar-refractivity contribution in [3.63, 3.8) is 0 Å². The molecule has 0 bridgehead atoms. The third-order valence-electron chi connectivity index (χ3n) is 2.79. The lowest BCUT2D eigenvalue weighted by molar-refractivity contribution is -0.157. The molecule has 0 radical (unpaired) electrons. The van der Waals surface area contributed by atoms with Crippen LogP contribution >= 0.6 is 11.8 Å². The summed E-state index contributed by atoms with van der Waals surface area (Å²) in [6.07, 6.45) is 0. The zero-order chi connectivity index (χ0) is 12.7. The lowest BCUT2D eigenvalue weighted by Gasteiger charge is -2.49. The van der Waals surface area contributed by atoms with Crippen molar-refractivity contribution in [2.45, 2.75) is 38.2 Å². The second-order valence-electron chi connectivity index (χ2n) is 4.40. The highest BCUT2D eigenvalue weighted by Gasteiger charge is 2.54. The normalized spacial score (nSPS) is 31.2. The molecule has 0 aromatic carbocycles. The molecule has 1 saturated heterocycles. The van der Waals surface area contributed by atoms with Crippen LogP contribution in [0, 0.1) is 0 Å². The summed E-state index contributed by atoms with van der Waals surface area (Å²) >= 11 is 1.47. The molecule has 6 heteroatoms. The fourth-order valence-corrected chi connectivity index (χ4v) is 3.22. The molecule has 0 spiro atoms. The fourth-order valence-electron chi connectivity index (χ4n) is 2.06. The minimum atomic E-state index is -0.979. The molecule has 0 aromatic heterocycles. The maximum absolute atomic E-state index is 11.9. The maximum atomic E-state index is 11.9. The van der Waals surface area contributed by atoms with E-state index in [1.807, 2.05) is 19.3 Å². The van der Waals surface area contributed by atoms with Gasteiger partial charge in [-0.05, 0) is 31.8 Å². The van der Waals surface area contributed by atoms with Crippen LogP contribution in [-0.2, 0) is 9.59 Å². The van der Waals surface area contributed by atoms with Gasteiger partial charge in [0.25, 0.3) is 5.91 Å². The largest absolute Gasteiger partial charge is 0.479 e. The van der Waals surface area contributed by atoms with Gasteiger partial charge in [0.1, 0.15) is 5.37 Å². The third-order valence-corrected chi connectivity index (χ3v) is 4.06. The summed E-state index contributed by atoms with van der Waals surface area (Å²) in [5.74, 6) is -1.17. The second-order valence-corrected chi connectivity index (χ2v) is 5.39. The first-order valence-electron chi connectivity index (χ1n) is 5.31. The molecular weight excluding hydrogens is 240 g/mol. The van der Waals surface area contributed by atoms with Gasteiger partial charge in [0.05, 0.1) is 0 Å². The molecule has 2 heterocycles. The van der Waals surface area contributed by atoms with E-state index in [0.717, 1.165) is 5.71 Å². The zero-order valence-electron chi connectivity index (χ0n) is 9.88. The number of aliphatic carboxylic acids is 1. The Morgan fingerprint density at radius 1 is 1.53 bits per heavy atom. The van der Waals surface area contributed by atoms with E-state index in [-0.39, 0.29) is 11.3 Å². The minimum absolute atomic E-state index is 0.165. The van der Waals surface area contributed by atoms with Gasteiger partial charge in [0.15, 0.2) is 12.1 Å². The number of hydrogen-bond donors (Lipinski definition) is 1. The molecule has 1 N–H and O–H groups in total. The summed E-state index contributed by atoms with van der Waals surface area (Å²) in [5, 5.41) is 10.8. The number of carbonyl (C=O) groups excluding carboxylic acids is 1. The Morgan fingerprint density at radius 2 is 2.18 bits per heavy atom. The molecule has 92 valence electrons. The maximum Gasteiger partial charge on any atom is 0.330 e. The Hall–Kier alpha value is -1.30. The number of hydrogen-bond acceptors (Lipinski definition) is 4. The number of thioether (sulfide) groups is 1. The van der Waals surface area contributed by atoms with E-state index >= 15 is 0 Å². The molecule has 5 nitrogen and oxygen atoms in total. The summed E-state index contributed by atoms with van der Waals surface area (Å²) in [7, 11) is 0. The van der Waals surface area contributed by atoms with E-state index in [1.165, 1.54) is 16.7 Å². The number of carboxylic acid groups (broad SMARTS) is 1. The molecule has 1 amide bonds. The van der Waals surface area contributed by atoms with Gasteiger partial charge in [-0.25, -0.2) is 4.79 Å². The van der Waals surface area contributed by atoms with Crippen molar-refractivity contribution in [2.24, 2.45) is 4.99 Å². The summed E-state index contributed by atoms with van der Waals surface area (Å²) in [5.41, 5.74) is 1.53. The van der Waals surface area contributed by atoms with Gasteiger partial charge in [-0.15, -0.1) is 11.8 Å². The Kier molecular flexibility index (Phi) is 2.99. The number of rotatable bonds is 2. The van der Waals surface area contributed by atoms with Gasteiger partial charge in [-0.1, -0.05) is 0 Å². The Labute approximate surface area is 104 Å². The van der Waals surface area contributed by atoms with E-state index in [9.17, 15) is 9.59 Å². The van der Waals surface area contributed by atoms with Crippen LogP contribution in [0.1, 0.15) is 20.8 Å². The number of carbonyl (C=O) groups is 2. The molecular formula is C11H14N2O3S. The topological polar surface area (TPSA) is 70.0 Å². The van der Waals surface area contributed by atoms with Crippen molar-refractivity contribution < 1.29 is 14.7 Å². The molecule has 2 unspecified atom stereocenters. The predicted octanol–water partition coefficient (Wildman–Crippen LogP) is 1.11. The zero-order valence-corrected chi connectivity index (χ0v) is 10.7. The molecule has 3 atom stereocenters. The Balaban J connectivity index is 2.27. The molecule has 17 heavy (non-hydrogen) atoms. The standard InChI is InChI=1S/C11H14N2O3S/c1-5(2)12-7-9(14)13-8(11(15)16)6(3)4-17-10(7)13/h4,7-8,10H,1-3H3,(H,15,16)/t7?,8?,10-/m1/s1. The van der Waals surface area contributed by atoms with Crippen LogP contribution in [0.2, 0.25) is 0 Å². The first-order chi connectivity index (χ1) is 7.93. The molecule has 2 aliphatic heterocycles. The Morgan fingerprint density at radius 3 is 2.71 bits per heavy atom. The average molecular weight is 254 g/mol. The van der Waals surface area contributed by atoms with Crippen molar-refractivity contribution in [3.05, 3.63) is 11.0 Å². The highest BCUT2D eigenvalue weighted by Crippen LogP contribution is 2.41. The summed E-state index contributed by atoms with van der Waals surface area (Å²) in [6.45, 7) is 5.40. The van der Waals surface area contributed by atoms with E-state index in [2.05, 4.69) is 4.99 Å². The number of carboxylic acids is 1. The highest BCUT2D eigenvalue weighted by molar-refractivity contribution is 8.02. The van der Waals surface area contributed by atoms with Crippen molar-refractivity contribution in [3.8, 4) is 0 Å². The lowest BCUT2D eigenvalue weighted by atomic mass is 9.99. The second kappa shape index (κ2) is 4.18. The van der Waals surface area contributed by atoms with E-state index in [1.54, 1.807) is 6.92 Å². The molecule has 2 rings (SSSR count). The van der Waals surface area contributed by atoms with Gasteiger partial charge >= 0.3 is 5.97 Å². The van der Waals surface area contributed by atoms with Crippen molar-refractivity contribution in [1.82, 2.24) is 4.90 Å². The van der Waals surface area contributed by atoms with Crippen LogP contribution in [-0.4, -0.2) is 45.1 Å². The number of aliphatic imine (C=N–C) groups is 1.